The number of thiophene rings is 1. The summed E-state index contributed by atoms with van der Waals surface area (Å²) in [5.74, 6) is -1.21. The molecule has 0 unspecified atom stereocenters. The van der Waals surface area contributed by atoms with E-state index in [1.165, 1.54) is 17.4 Å². The molecule has 0 saturated carbocycles. The first kappa shape index (κ1) is 14.0. The third-order valence-electron chi connectivity index (χ3n) is 2.55. The monoisotopic (exact) mass is 287 g/mol. The molecule has 1 aromatic heterocycles. The average molecular weight is 287 g/mol. The quantitative estimate of drug-likeness (QED) is 0.847. The molecule has 4 nitrogen and oxygen atoms in total. The normalized spacial score (nSPS) is 10.7. The van der Waals surface area contributed by atoms with Crippen molar-refractivity contribution in [3.05, 3.63) is 57.8 Å². The number of hydrogen-bond donors (Lipinski definition) is 2. The molecule has 102 valence electrons. The van der Waals surface area contributed by atoms with Gasteiger partial charge in [0.25, 0.3) is 5.91 Å². The van der Waals surface area contributed by atoms with Crippen LogP contribution in [-0.2, 0) is 4.79 Å². The minimum absolute atomic E-state index is 0.200. The molecule has 2 aromatic rings. The van der Waals surface area contributed by atoms with E-state index in [2.05, 4.69) is 5.32 Å². The van der Waals surface area contributed by atoms with E-state index in [-0.39, 0.29) is 5.91 Å². The van der Waals surface area contributed by atoms with Crippen LogP contribution in [0.15, 0.2) is 42.5 Å². The Balaban J connectivity index is 2.06. The second-order valence-corrected chi connectivity index (χ2v) is 5.31. The number of nitrogens with one attached hydrogen (secondary N) is 1. The maximum absolute atomic E-state index is 12.0. The van der Waals surface area contributed by atoms with Crippen molar-refractivity contribution in [2.45, 2.75) is 6.92 Å². The lowest BCUT2D eigenvalue weighted by Crippen LogP contribution is -2.09. The van der Waals surface area contributed by atoms with E-state index < -0.39 is 5.97 Å². The molecular formula is C15H13NO3S. The van der Waals surface area contributed by atoms with Gasteiger partial charge < -0.3 is 10.4 Å². The van der Waals surface area contributed by atoms with E-state index in [0.717, 1.165) is 22.2 Å². The summed E-state index contributed by atoms with van der Waals surface area (Å²) in [6.45, 7) is 1.98. The van der Waals surface area contributed by atoms with Crippen LogP contribution in [0.4, 0.5) is 5.69 Å². The molecular weight excluding hydrogens is 274 g/mol. The summed E-state index contributed by atoms with van der Waals surface area (Å²) in [5.41, 5.74) is 1.86. The van der Waals surface area contributed by atoms with Crippen molar-refractivity contribution in [1.82, 2.24) is 0 Å². The Labute approximate surface area is 120 Å². The number of anilines is 1. The Morgan fingerprint density at radius 2 is 1.85 bits per heavy atom. The molecule has 0 aliphatic carbocycles. The molecule has 1 aromatic carbocycles. The zero-order valence-corrected chi connectivity index (χ0v) is 11.6. The summed E-state index contributed by atoms with van der Waals surface area (Å²) in [6.07, 6.45) is 2.52. The zero-order chi connectivity index (χ0) is 14.5. The van der Waals surface area contributed by atoms with Crippen LogP contribution >= 0.6 is 11.3 Å². The van der Waals surface area contributed by atoms with E-state index in [0.29, 0.717) is 4.88 Å². The van der Waals surface area contributed by atoms with Crippen LogP contribution in [0.3, 0.4) is 0 Å². The predicted molar refractivity (Wildman–Crippen MR) is 80.1 cm³/mol. The van der Waals surface area contributed by atoms with Gasteiger partial charge in [0.15, 0.2) is 0 Å². The lowest BCUT2D eigenvalue weighted by molar-refractivity contribution is -0.131. The van der Waals surface area contributed by atoms with Crippen LogP contribution in [-0.4, -0.2) is 17.0 Å². The van der Waals surface area contributed by atoms with Gasteiger partial charge in [-0.25, -0.2) is 4.79 Å². The first-order valence-electron chi connectivity index (χ1n) is 5.93. The standard InChI is InChI=1S/C15H13NO3S/c1-10-2-4-11(5-3-10)16-15(19)13-8-6-12(20-13)7-9-14(17)18/h2-9H,1H3,(H,16,19)(H,17,18). The van der Waals surface area contributed by atoms with Crippen molar-refractivity contribution in [3.63, 3.8) is 0 Å². The second-order valence-electron chi connectivity index (χ2n) is 4.19. The number of aliphatic carboxylic acids is 1. The molecule has 0 atom stereocenters. The van der Waals surface area contributed by atoms with Crippen LogP contribution in [0.25, 0.3) is 6.08 Å². The summed E-state index contributed by atoms with van der Waals surface area (Å²) in [7, 11) is 0. The minimum Gasteiger partial charge on any atom is -0.478 e. The van der Waals surface area contributed by atoms with Crippen molar-refractivity contribution >= 4 is 35.0 Å². The summed E-state index contributed by atoms with van der Waals surface area (Å²) < 4.78 is 0. The Morgan fingerprint density at radius 1 is 1.15 bits per heavy atom. The number of amides is 1. The van der Waals surface area contributed by atoms with E-state index in [9.17, 15) is 9.59 Å². The van der Waals surface area contributed by atoms with Crippen LogP contribution in [0.2, 0.25) is 0 Å². The fourth-order valence-electron chi connectivity index (χ4n) is 1.55. The van der Waals surface area contributed by atoms with Gasteiger partial charge in [0.05, 0.1) is 4.88 Å². The fourth-order valence-corrected chi connectivity index (χ4v) is 2.35. The van der Waals surface area contributed by atoms with Crippen LogP contribution in [0.1, 0.15) is 20.1 Å². The molecule has 2 rings (SSSR count). The average Bonchev–Trinajstić information content (AvgIpc) is 2.88. The number of hydrogen-bond acceptors (Lipinski definition) is 3. The molecule has 1 amide bonds. The number of aryl methyl sites for hydroxylation is 1. The summed E-state index contributed by atoms with van der Waals surface area (Å²) in [6, 6.07) is 10.9. The van der Waals surface area contributed by atoms with Crippen molar-refractivity contribution in [3.8, 4) is 0 Å². The topological polar surface area (TPSA) is 66.4 Å². The van der Waals surface area contributed by atoms with Gasteiger partial charge in [0, 0.05) is 16.6 Å². The van der Waals surface area contributed by atoms with Gasteiger partial charge in [0.2, 0.25) is 0 Å². The van der Waals surface area contributed by atoms with Gasteiger partial charge in [-0.1, -0.05) is 17.7 Å². The first-order valence-corrected chi connectivity index (χ1v) is 6.75. The number of carboxylic acids is 1. The maximum atomic E-state index is 12.0. The van der Waals surface area contributed by atoms with E-state index >= 15 is 0 Å². The zero-order valence-electron chi connectivity index (χ0n) is 10.8. The molecule has 0 radical (unpaired) electrons. The van der Waals surface area contributed by atoms with Gasteiger partial charge in [-0.2, -0.15) is 0 Å². The first-order chi connectivity index (χ1) is 9.54. The third kappa shape index (κ3) is 3.80. The van der Waals surface area contributed by atoms with Crippen molar-refractivity contribution in [1.29, 1.82) is 0 Å². The van der Waals surface area contributed by atoms with E-state index in [1.54, 1.807) is 12.1 Å². The van der Waals surface area contributed by atoms with Gasteiger partial charge in [0.1, 0.15) is 0 Å². The van der Waals surface area contributed by atoms with Crippen molar-refractivity contribution in [2.75, 3.05) is 5.32 Å². The van der Waals surface area contributed by atoms with Crippen LogP contribution in [0.5, 0.6) is 0 Å². The molecule has 0 aliphatic heterocycles. The molecule has 2 N–H and O–H groups in total. The molecule has 0 aliphatic rings. The highest BCUT2D eigenvalue weighted by Gasteiger charge is 2.08. The third-order valence-corrected chi connectivity index (χ3v) is 3.60. The molecule has 5 heteroatoms. The smallest absolute Gasteiger partial charge is 0.328 e. The Morgan fingerprint density at radius 3 is 2.50 bits per heavy atom. The number of carbonyl (C=O) groups is 2. The van der Waals surface area contributed by atoms with E-state index in [1.807, 2.05) is 31.2 Å². The lowest BCUT2D eigenvalue weighted by atomic mass is 10.2. The Hall–Kier alpha value is -2.40. The minimum atomic E-state index is -1.01. The number of rotatable bonds is 4. The lowest BCUT2D eigenvalue weighted by Gasteiger charge is -2.03. The summed E-state index contributed by atoms with van der Waals surface area (Å²) in [5, 5.41) is 11.3. The highest BCUT2D eigenvalue weighted by atomic mass is 32.1. The Bertz CT molecular complexity index is 656. The van der Waals surface area contributed by atoms with Crippen LogP contribution in [0, 0.1) is 6.92 Å². The fraction of sp³-hybridized carbons (Fsp3) is 0.0667. The number of carboxylic acid groups (broad SMARTS) is 1. The molecule has 0 bridgehead atoms. The second kappa shape index (κ2) is 6.16. The molecule has 0 spiro atoms. The summed E-state index contributed by atoms with van der Waals surface area (Å²) in [4.78, 5) is 23.7. The van der Waals surface area contributed by atoms with Gasteiger partial charge in [-0.3, -0.25) is 4.79 Å². The predicted octanol–water partition coefficient (Wildman–Crippen LogP) is 3.41. The molecule has 0 fully saturated rings. The van der Waals surface area contributed by atoms with Crippen molar-refractivity contribution < 1.29 is 14.7 Å². The largest absolute Gasteiger partial charge is 0.478 e. The number of benzene rings is 1. The highest BCUT2D eigenvalue weighted by molar-refractivity contribution is 7.15. The summed E-state index contributed by atoms with van der Waals surface area (Å²) >= 11 is 1.24. The van der Waals surface area contributed by atoms with Gasteiger partial charge in [-0.05, 0) is 37.3 Å². The Kier molecular flexibility index (Phi) is 4.32. The highest BCUT2D eigenvalue weighted by Crippen LogP contribution is 2.19. The number of carbonyl (C=O) groups excluding carboxylic acids is 1. The molecule has 0 saturated heterocycles. The van der Waals surface area contributed by atoms with Crippen molar-refractivity contribution in [2.24, 2.45) is 0 Å². The molecule has 20 heavy (non-hydrogen) atoms. The van der Waals surface area contributed by atoms with E-state index in [4.69, 9.17) is 5.11 Å². The maximum Gasteiger partial charge on any atom is 0.328 e. The molecule has 1 heterocycles. The van der Waals surface area contributed by atoms with Gasteiger partial charge in [-0.15, -0.1) is 11.3 Å². The van der Waals surface area contributed by atoms with Crippen LogP contribution < -0.4 is 5.32 Å². The SMILES string of the molecule is Cc1ccc(NC(=O)c2ccc(C=CC(=O)O)s2)cc1. The van der Waals surface area contributed by atoms with Gasteiger partial charge >= 0.3 is 5.97 Å².